The van der Waals surface area contributed by atoms with Crippen molar-refractivity contribution in [3.05, 3.63) is 77.4 Å². The topological polar surface area (TPSA) is 74.5 Å². The molecule has 1 heterocycles. The van der Waals surface area contributed by atoms with E-state index in [9.17, 15) is 4.79 Å². The van der Waals surface area contributed by atoms with Crippen molar-refractivity contribution in [2.24, 2.45) is 0 Å². The van der Waals surface area contributed by atoms with Crippen LogP contribution in [0.25, 0.3) is 11.6 Å². The van der Waals surface area contributed by atoms with Crippen LogP contribution in [0.4, 0.5) is 0 Å². The molecular weight excluding hydrogens is 332 g/mol. The molecule has 3 rings (SSSR count). The minimum atomic E-state index is -0.488. The largest absolute Gasteiger partial charge is 0.496 e. The Labute approximate surface area is 151 Å². The van der Waals surface area contributed by atoms with Crippen LogP contribution in [0, 0.1) is 6.92 Å². The summed E-state index contributed by atoms with van der Waals surface area (Å²) in [5.74, 6) is 0.920. The molecule has 2 aromatic carbocycles. The number of benzene rings is 2. The third-order valence-corrected chi connectivity index (χ3v) is 3.64. The maximum atomic E-state index is 12.7. The van der Waals surface area contributed by atoms with Gasteiger partial charge in [0.15, 0.2) is 12.4 Å². The number of methoxy groups -OCH3 is 1. The smallest absolute Gasteiger partial charge is 0.339 e. The molecule has 0 amide bonds. The lowest BCUT2D eigenvalue weighted by atomic mass is 10.0. The minimum Gasteiger partial charge on any atom is -0.496 e. The van der Waals surface area contributed by atoms with Crippen molar-refractivity contribution >= 4 is 17.6 Å². The van der Waals surface area contributed by atoms with Gasteiger partial charge in [-0.2, -0.15) is 4.98 Å². The lowest BCUT2D eigenvalue weighted by Crippen LogP contribution is -2.08. The van der Waals surface area contributed by atoms with Gasteiger partial charge in [-0.05, 0) is 24.6 Å². The maximum Gasteiger partial charge on any atom is 0.339 e. The summed E-state index contributed by atoms with van der Waals surface area (Å²) in [4.78, 5) is 16.7. The molecule has 0 saturated heterocycles. The number of ether oxygens (including phenoxy) is 2. The van der Waals surface area contributed by atoms with Crippen LogP contribution < -0.4 is 4.74 Å². The summed E-state index contributed by atoms with van der Waals surface area (Å²) in [6, 6.07) is 16.8. The number of para-hydroxylation sites is 1. The molecule has 1 aromatic heterocycles. The molecule has 0 radical (unpaired) electrons. The number of carbonyl (C=O) groups excluding carboxylic acids is 1. The van der Waals surface area contributed by atoms with E-state index in [1.807, 2.05) is 54.6 Å². The van der Waals surface area contributed by atoms with Crippen LogP contribution >= 0.6 is 0 Å². The van der Waals surface area contributed by atoms with E-state index in [4.69, 9.17) is 14.0 Å². The van der Waals surface area contributed by atoms with Gasteiger partial charge in [0.25, 0.3) is 5.89 Å². The SMILES string of the molecule is COc1ccccc1/C=C(/C(=O)OCc1nc(C)no1)c1ccccc1. The first-order valence-corrected chi connectivity index (χ1v) is 8.04. The molecule has 6 heteroatoms. The predicted molar refractivity (Wildman–Crippen MR) is 96.1 cm³/mol. The Hall–Kier alpha value is -3.41. The number of aryl methyl sites for hydroxylation is 1. The van der Waals surface area contributed by atoms with Gasteiger partial charge in [0.2, 0.25) is 0 Å². The van der Waals surface area contributed by atoms with Crippen molar-refractivity contribution in [1.29, 1.82) is 0 Å². The number of carbonyl (C=O) groups is 1. The second-order valence-electron chi connectivity index (χ2n) is 5.48. The lowest BCUT2D eigenvalue weighted by Gasteiger charge is -2.09. The van der Waals surface area contributed by atoms with E-state index in [0.717, 1.165) is 11.1 Å². The van der Waals surface area contributed by atoms with Crippen LogP contribution in [-0.2, 0) is 16.1 Å². The standard InChI is InChI=1S/C20H18N2O4/c1-14-21-19(26-22-14)13-25-20(23)17(15-8-4-3-5-9-15)12-16-10-6-7-11-18(16)24-2/h3-12H,13H2,1-2H3/b17-12+. The summed E-state index contributed by atoms with van der Waals surface area (Å²) in [6.07, 6.45) is 1.75. The van der Waals surface area contributed by atoms with Crippen molar-refractivity contribution < 1.29 is 18.8 Å². The second kappa shape index (κ2) is 8.11. The van der Waals surface area contributed by atoms with Crippen LogP contribution in [0.2, 0.25) is 0 Å². The quantitative estimate of drug-likeness (QED) is 0.384. The highest BCUT2D eigenvalue weighted by molar-refractivity contribution is 6.21. The molecule has 3 aromatic rings. The second-order valence-corrected chi connectivity index (χ2v) is 5.48. The fraction of sp³-hybridized carbons (Fsp3) is 0.150. The Bertz CT molecular complexity index is 916. The van der Waals surface area contributed by atoms with Crippen LogP contribution in [0.1, 0.15) is 22.8 Å². The van der Waals surface area contributed by atoms with E-state index in [0.29, 0.717) is 17.1 Å². The molecule has 0 aliphatic heterocycles. The summed E-state index contributed by atoms with van der Waals surface area (Å²) in [6.45, 7) is 1.61. The molecule has 6 nitrogen and oxygen atoms in total. The molecule has 0 spiro atoms. The van der Waals surface area contributed by atoms with Gasteiger partial charge in [-0.3, -0.25) is 0 Å². The Balaban J connectivity index is 1.90. The predicted octanol–water partition coefficient (Wildman–Crippen LogP) is 3.67. The van der Waals surface area contributed by atoms with E-state index < -0.39 is 5.97 Å². The molecule has 0 fully saturated rings. The van der Waals surface area contributed by atoms with Crippen LogP contribution in [0.15, 0.2) is 59.1 Å². The molecule has 26 heavy (non-hydrogen) atoms. The monoisotopic (exact) mass is 350 g/mol. The Morgan fingerprint density at radius 3 is 2.54 bits per heavy atom. The van der Waals surface area contributed by atoms with Gasteiger partial charge in [0, 0.05) is 5.56 Å². The number of rotatable bonds is 6. The Morgan fingerprint density at radius 1 is 1.12 bits per heavy atom. The molecule has 132 valence electrons. The van der Waals surface area contributed by atoms with Crippen LogP contribution in [0.5, 0.6) is 5.75 Å². The maximum absolute atomic E-state index is 12.7. The fourth-order valence-electron chi connectivity index (χ4n) is 2.42. The van der Waals surface area contributed by atoms with E-state index in [1.54, 1.807) is 20.1 Å². The van der Waals surface area contributed by atoms with Gasteiger partial charge in [0.1, 0.15) is 5.75 Å². The molecule has 0 aliphatic carbocycles. The van der Waals surface area contributed by atoms with Gasteiger partial charge in [-0.1, -0.05) is 53.7 Å². The highest BCUT2D eigenvalue weighted by Gasteiger charge is 2.16. The summed E-state index contributed by atoms with van der Waals surface area (Å²) in [5, 5.41) is 3.68. The zero-order valence-corrected chi connectivity index (χ0v) is 14.5. The van der Waals surface area contributed by atoms with Crippen molar-refractivity contribution in [2.75, 3.05) is 7.11 Å². The van der Waals surface area contributed by atoms with E-state index in [1.165, 1.54) is 0 Å². The van der Waals surface area contributed by atoms with Gasteiger partial charge < -0.3 is 14.0 Å². The zero-order chi connectivity index (χ0) is 18.4. The molecule has 0 aliphatic rings. The Morgan fingerprint density at radius 2 is 1.85 bits per heavy atom. The van der Waals surface area contributed by atoms with Crippen molar-refractivity contribution in [2.45, 2.75) is 13.5 Å². The molecular formula is C20H18N2O4. The minimum absolute atomic E-state index is 0.0875. The summed E-state index contributed by atoms with van der Waals surface area (Å²) in [5.41, 5.74) is 1.93. The number of hydrogen-bond donors (Lipinski definition) is 0. The van der Waals surface area contributed by atoms with Gasteiger partial charge >= 0.3 is 5.97 Å². The number of nitrogens with zero attached hydrogens (tertiary/aromatic N) is 2. The third kappa shape index (κ3) is 4.16. The highest BCUT2D eigenvalue weighted by Crippen LogP contribution is 2.25. The summed E-state index contributed by atoms with van der Waals surface area (Å²) >= 11 is 0. The molecule has 0 bridgehead atoms. The van der Waals surface area contributed by atoms with Crippen LogP contribution in [0.3, 0.4) is 0 Å². The third-order valence-electron chi connectivity index (χ3n) is 3.64. The van der Waals surface area contributed by atoms with E-state index in [2.05, 4.69) is 10.1 Å². The van der Waals surface area contributed by atoms with Crippen LogP contribution in [-0.4, -0.2) is 23.2 Å². The normalized spacial score (nSPS) is 11.2. The highest BCUT2D eigenvalue weighted by atomic mass is 16.6. The van der Waals surface area contributed by atoms with Crippen molar-refractivity contribution in [3.63, 3.8) is 0 Å². The number of hydrogen-bond acceptors (Lipinski definition) is 6. The first-order valence-electron chi connectivity index (χ1n) is 8.04. The van der Waals surface area contributed by atoms with Crippen molar-refractivity contribution in [3.8, 4) is 5.75 Å². The van der Waals surface area contributed by atoms with Gasteiger partial charge in [-0.25, -0.2) is 4.79 Å². The number of aromatic nitrogens is 2. The van der Waals surface area contributed by atoms with Crippen molar-refractivity contribution in [1.82, 2.24) is 10.1 Å². The average Bonchev–Trinajstić information content (AvgIpc) is 3.10. The fourth-order valence-corrected chi connectivity index (χ4v) is 2.42. The van der Waals surface area contributed by atoms with E-state index in [-0.39, 0.29) is 12.5 Å². The molecule has 0 N–H and O–H groups in total. The first-order chi connectivity index (χ1) is 12.7. The first kappa shape index (κ1) is 17.4. The molecule has 0 unspecified atom stereocenters. The molecule has 0 saturated carbocycles. The number of esters is 1. The van der Waals surface area contributed by atoms with Gasteiger partial charge in [0.05, 0.1) is 12.7 Å². The summed E-state index contributed by atoms with van der Waals surface area (Å²) in [7, 11) is 1.59. The van der Waals surface area contributed by atoms with Gasteiger partial charge in [-0.15, -0.1) is 0 Å². The lowest BCUT2D eigenvalue weighted by molar-refractivity contribution is -0.138. The summed E-state index contributed by atoms with van der Waals surface area (Å²) < 4.78 is 15.7. The molecule has 0 atom stereocenters. The van der Waals surface area contributed by atoms with E-state index >= 15 is 0 Å². The Kier molecular flexibility index (Phi) is 5.43. The zero-order valence-electron chi connectivity index (χ0n) is 14.5. The average molecular weight is 350 g/mol.